The molecule has 2 aliphatic rings. The van der Waals surface area contributed by atoms with Crippen LogP contribution in [0.2, 0.25) is 0 Å². The van der Waals surface area contributed by atoms with Crippen LogP contribution >= 0.6 is 11.3 Å². The molecular weight excluding hydrogens is 638 g/mol. The molecule has 1 amide bonds. The lowest BCUT2D eigenvalue weighted by atomic mass is 9.96. The number of pyridine rings is 1. The maximum Gasteiger partial charge on any atom is 0.261 e. The topological polar surface area (TPSA) is 105 Å². The highest BCUT2D eigenvalue weighted by Gasteiger charge is 2.49. The van der Waals surface area contributed by atoms with Crippen LogP contribution in [0.1, 0.15) is 56.8 Å². The molecule has 2 aliphatic heterocycles. The van der Waals surface area contributed by atoms with Crippen LogP contribution in [-0.2, 0) is 29.4 Å². The van der Waals surface area contributed by atoms with E-state index in [1.54, 1.807) is 37.4 Å². The molecular formula is C33H27F3N4O4S2. The van der Waals surface area contributed by atoms with Gasteiger partial charge in [-0.2, -0.15) is 4.31 Å². The first-order chi connectivity index (χ1) is 22.1. The molecule has 0 spiro atoms. The molecule has 1 saturated heterocycles. The van der Waals surface area contributed by atoms with E-state index in [4.69, 9.17) is 9.40 Å². The van der Waals surface area contributed by atoms with Crippen molar-refractivity contribution < 1.29 is 30.8 Å². The largest absolute Gasteiger partial charge is 0.441 e. The van der Waals surface area contributed by atoms with Gasteiger partial charge < -0.3 is 9.73 Å². The van der Waals surface area contributed by atoms with Gasteiger partial charge in [0.25, 0.3) is 5.91 Å². The van der Waals surface area contributed by atoms with Crippen LogP contribution in [0.3, 0.4) is 0 Å². The molecule has 1 fully saturated rings. The first-order valence-corrected chi connectivity index (χ1v) is 16.9. The molecule has 1 N–H and O–H groups in total. The number of fused-ring (bicyclic) bond motifs is 3. The fourth-order valence-electron chi connectivity index (χ4n) is 6.09. The van der Waals surface area contributed by atoms with Gasteiger partial charge in [-0.1, -0.05) is 18.2 Å². The van der Waals surface area contributed by atoms with E-state index >= 15 is 0 Å². The van der Waals surface area contributed by atoms with Crippen LogP contribution in [0, 0.1) is 24.4 Å². The highest BCUT2D eigenvalue weighted by molar-refractivity contribution is 7.89. The number of oxazole rings is 1. The van der Waals surface area contributed by atoms with E-state index in [-0.39, 0.29) is 23.1 Å². The predicted molar refractivity (Wildman–Crippen MR) is 165 cm³/mol. The molecule has 46 heavy (non-hydrogen) atoms. The Morgan fingerprint density at radius 1 is 1.02 bits per heavy atom. The quantitative estimate of drug-likeness (QED) is 0.197. The summed E-state index contributed by atoms with van der Waals surface area (Å²) >= 11 is 1.10. The van der Waals surface area contributed by atoms with Gasteiger partial charge in [0.05, 0.1) is 34.1 Å². The van der Waals surface area contributed by atoms with Crippen molar-refractivity contribution in [3.05, 3.63) is 111 Å². The number of carbonyl (C=O) groups excluding carboxylic acids is 1. The Hall–Kier alpha value is -4.33. The van der Waals surface area contributed by atoms with Crippen molar-refractivity contribution >= 4 is 27.3 Å². The van der Waals surface area contributed by atoms with Crippen LogP contribution in [-0.4, -0.2) is 35.1 Å². The van der Waals surface area contributed by atoms with Crippen LogP contribution in [0.25, 0.3) is 21.9 Å². The number of aromatic nitrogens is 2. The number of rotatable bonds is 8. The number of benzene rings is 2. The third-order valence-electron chi connectivity index (χ3n) is 8.25. The summed E-state index contributed by atoms with van der Waals surface area (Å²) in [6, 6.07) is 12.5. The molecule has 0 saturated carbocycles. The summed E-state index contributed by atoms with van der Waals surface area (Å²) in [4.78, 5) is 23.5. The second-order valence-electron chi connectivity index (χ2n) is 11.3. The van der Waals surface area contributed by atoms with E-state index in [2.05, 4.69) is 10.3 Å². The molecule has 3 aromatic heterocycles. The molecule has 7 rings (SSSR count). The average molecular weight is 665 g/mol. The van der Waals surface area contributed by atoms with Gasteiger partial charge in [0.2, 0.25) is 15.9 Å². The van der Waals surface area contributed by atoms with Crippen molar-refractivity contribution in [2.75, 3.05) is 6.54 Å². The molecule has 8 nitrogen and oxygen atoms in total. The Morgan fingerprint density at radius 2 is 1.80 bits per heavy atom. The Balaban J connectivity index is 1.33. The normalized spacial score (nSPS) is 16.8. The summed E-state index contributed by atoms with van der Waals surface area (Å²) in [5.41, 5.74) is 3.11. The summed E-state index contributed by atoms with van der Waals surface area (Å²) in [6.07, 6.45) is 3.79. The van der Waals surface area contributed by atoms with Gasteiger partial charge in [-0.25, -0.2) is 26.6 Å². The number of sulfonamides is 1. The number of thiophene rings is 1. The Morgan fingerprint density at radius 3 is 2.54 bits per heavy atom. The highest BCUT2D eigenvalue weighted by Crippen LogP contribution is 2.52. The molecule has 236 valence electrons. The number of carbonyl (C=O) groups is 1. The summed E-state index contributed by atoms with van der Waals surface area (Å²) in [7, 11) is -3.94. The van der Waals surface area contributed by atoms with Gasteiger partial charge in [0, 0.05) is 23.5 Å². The van der Waals surface area contributed by atoms with Crippen molar-refractivity contribution in [2.45, 2.75) is 50.1 Å². The zero-order chi connectivity index (χ0) is 32.2. The van der Waals surface area contributed by atoms with E-state index in [1.807, 2.05) is 0 Å². The van der Waals surface area contributed by atoms with Gasteiger partial charge >= 0.3 is 0 Å². The monoisotopic (exact) mass is 664 g/mol. The van der Waals surface area contributed by atoms with Gasteiger partial charge in [0.15, 0.2) is 11.6 Å². The smallest absolute Gasteiger partial charge is 0.261 e. The van der Waals surface area contributed by atoms with Crippen molar-refractivity contribution in [3.8, 4) is 21.9 Å². The van der Waals surface area contributed by atoms with Crippen LogP contribution in [0.4, 0.5) is 13.2 Å². The van der Waals surface area contributed by atoms with Crippen LogP contribution < -0.4 is 5.32 Å². The number of halogens is 3. The summed E-state index contributed by atoms with van der Waals surface area (Å²) in [6.45, 7) is 2.08. The van der Waals surface area contributed by atoms with E-state index in [9.17, 15) is 26.4 Å². The Bertz CT molecular complexity index is 2090. The van der Waals surface area contributed by atoms with Crippen molar-refractivity contribution in [1.29, 1.82) is 0 Å². The average Bonchev–Trinajstić information content (AvgIpc) is 3.84. The summed E-state index contributed by atoms with van der Waals surface area (Å²) in [5, 5.41) is 2.72. The van der Waals surface area contributed by atoms with Crippen molar-refractivity contribution in [1.82, 2.24) is 19.6 Å². The highest BCUT2D eigenvalue weighted by atomic mass is 32.2. The first-order valence-electron chi connectivity index (χ1n) is 14.7. The second kappa shape index (κ2) is 11.8. The SMILES string of the molecule is Cc1cnc(-c2c(CCc3ccc(F)cc3)nc3c(c2-c2ccc(C(=O)NCc4ccc(F)c(F)c4)s2)S(=O)(=O)N2CCCC32)o1. The number of hydrogen-bond donors (Lipinski definition) is 1. The fraction of sp³-hybridized carbons (Fsp3) is 0.242. The van der Waals surface area contributed by atoms with Crippen molar-refractivity contribution in [3.63, 3.8) is 0 Å². The third-order valence-corrected chi connectivity index (χ3v) is 11.3. The molecule has 1 atom stereocenters. The molecule has 0 bridgehead atoms. The van der Waals surface area contributed by atoms with E-state index < -0.39 is 33.6 Å². The predicted octanol–water partition coefficient (Wildman–Crippen LogP) is 6.75. The maximum absolute atomic E-state index is 14.1. The number of amides is 1. The number of nitrogens with zero attached hydrogens (tertiary/aromatic N) is 3. The van der Waals surface area contributed by atoms with E-state index in [1.165, 1.54) is 22.5 Å². The van der Waals surface area contributed by atoms with Crippen molar-refractivity contribution in [2.24, 2.45) is 0 Å². The Labute approximate surface area is 267 Å². The fourth-order valence-corrected chi connectivity index (χ4v) is 9.19. The van der Waals surface area contributed by atoms with E-state index in [0.29, 0.717) is 75.8 Å². The zero-order valence-corrected chi connectivity index (χ0v) is 26.2. The lowest BCUT2D eigenvalue weighted by Crippen LogP contribution is -2.23. The summed E-state index contributed by atoms with van der Waals surface area (Å²) in [5.74, 6) is -2.06. The third kappa shape index (κ3) is 5.41. The first kappa shape index (κ1) is 30.3. The minimum atomic E-state index is -3.94. The maximum atomic E-state index is 14.1. The number of nitrogens with one attached hydrogen (secondary N) is 1. The molecule has 5 heterocycles. The zero-order valence-electron chi connectivity index (χ0n) is 24.5. The van der Waals surface area contributed by atoms with Gasteiger partial charge in [-0.05, 0) is 80.1 Å². The van der Waals surface area contributed by atoms with Gasteiger partial charge in [-0.15, -0.1) is 11.3 Å². The molecule has 2 aromatic carbocycles. The molecule has 13 heteroatoms. The molecule has 0 radical (unpaired) electrons. The van der Waals surface area contributed by atoms with Crippen LogP contribution in [0.15, 0.2) is 70.1 Å². The lowest BCUT2D eigenvalue weighted by Gasteiger charge is -2.16. The minimum absolute atomic E-state index is 0.0344. The molecule has 5 aromatic rings. The van der Waals surface area contributed by atoms with Gasteiger partial charge in [0.1, 0.15) is 16.5 Å². The van der Waals surface area contributed by atoms with Gasteiger partial charge in [-0.3, -0.25) is 9.78 Å². The van der Waals surface area contributed by atoms with Crippen LogP contribution in [0.5, 0.6) is 0 Å². The standard InChI is InChI=1S/C33H27F3N4O4S2/c1-18-16-38-33(44-18)28-24(11-7-19-4-8-21(34)9-5-19)39-30-25-3-2-14-40(25)46(42,43)31(30)29(28)26-12-13-27(45-26)32(41)37-17-20-6-10-22(35)23(36)15-20/h4-6,8-10,12-13,15-16,25H,2-3,7,11,14,17H2,1H3,(H,37,41). The number of aryl methyl sites for hydroxylation is 3. The molecule has 0 aliphatic carbocycles. The lowest BCUT2D eigenvalue weighted by molar-refractivity contribution is 0.0955. The minimum Gasteiger partial charge on any atom is -0.441 e. The number of hydrogen-bond acceptors (Lipinski definition) is 7. The Kier molecular flexibility index (Phi) is 7.78. The summed E-state index contributed by atoms with van der Waals surface area (Å²) < 4.78 is 76.3. The van der Waals surface area contributed by atoms with E-state index in [0.717, 1.165) is 29.0 Å². The molecule has 1 unspecified atom stereocenters. The second-order valence-corrected chi connectivity index (χ2v) is 14.2.